The monoisotopic (exact) mass is 292 g/mol. The van der Waals surface area contributed by atoms with Crippen LogP contribution in [-0.4, -0.2) is 58.2 Å². The van der Waals surface area contributed by atoms with Crippen LogP contribution in [0.2, 0.25) is 0 Å². The highest BCUT2D eigenvalue weighted by Crippen LogP contribution is 2.20. The summed E-state index contributed by atoms with van der Waals surface area (Å²) >= 11 is 0. The first kappa shape index (κ1) is 16.0. The van der Waals surface area contributed by atoms with Crippen LogP contribution in [0.3, 0.4) is 0 Å². The van der Waals surface area contributed by atoms with E-state index in [4.69, 9.17) is 0 Å². The highest BCUT2D eigenvalue weighted by molar-refractivity contribution is 5.77. The van der Waals surface area contributed by atoms with E-state index in [0.29, 0.717) is 24.3 Å². The lowest BCUT2D eigenvalue weighted by molar-refractivity contribution is -0.136. The van der Waals surface area contributed by atoms with Crippen LogP contribution in [0.4, 0.5) is 0 Å². The molecular formula is C16H28N4O. The van der Waals surface area contributed by atoms with Gasteiger partial charge in [0.15, 0.2) is 0 Å². The van der Waals surface area contributed by atoms with Crippen molar-refractivity contribution in [3.05, 3.63) is 18.5 Å². The van der Waals surface area contributed by atoms with Crippen LogP contribution in [-0.2, 0) is 11.3 Å². The summed E-state index contributed by atoms with van der Waals surface area (Å²) in [5.41, 5.74) is 0. The van der Waals surface area contributed by atoms with Crippen LogP contribution in [0.5, 0.6) is 0 Å². The zero-order valence-corrected chi connectivity index (χ0v) is 13.5. The molecule has 5 heteroatoms. The molecule has 0 aliphatic carbocycles. The van der Waals surface area contributed by atoms with E-state index in [2.05, 4.69) is 30.9 Å². The normalized spacial score (nSPS) is 19.8. The van der Waals surface area contributed by atoms with Gasteiger partial charge in [-0.15, -0.1) is 0 Å². The van der Waals surface area contributed by atoms with E-state index in [1.807, 2.05) is 28.0 Å². The van der Waals surface area contributed by atoms with Gasteiger partial charge in [0.25, 0.3) is 0 Å². The van der Waals surface area contributed by atoms with Gasteiger partial charge >= 0.3 is 0 Å². The average Bonchev–Trinajstić information content (AvgIpc) is 2.94. The van der Waals surface area contributed by atoms with E-state index in [0.717, 1.165) is 39.0 Å². The molecule has 2 rings (SSSR count). The summed E-state index contributed by atoms with van der Waals surface area (Å²) in [4.78, 5) is 16.3. The Labute approximate surface area is 127 Å². The number of hydrogen-bond donors (Lipinski definition) is 0. The number of aromatic nitrogens is 2. The van der Waals surface area contributed by atoms with Gasteiger partial charge in [-0.3, -0.25) is 9.48 Å². The maximum atomic E-state index is 11.9. The summed E-state index contributed by atoms with van der Waals surface area (Å²) < 4.78 is 1.98. The van der Waals surface area contributed by atoms with Gasteiger partial charge in [0, 0.05) is 44.5 Å². The number of nitrogens with zero attached hydrogens (tertiary/aromatic N) is 4. The molecule has 1 fully saturated rings. The molecule has 0 aromatic carbocycles. The highest BCUT2D eigenvalue weighted by Gasteiger charge is 2.27. The fourth-order valence-electron chi connectivity index (χ4n) is 3.06. The predicted molar refractivity (Wildman–Crippen MR) is 83.9 cm³/mol. The Morgan fingerprint density at radius 3 is 2.95 bits per heavy atom. The number of carbonyl (C=O) groups excluding carboxylic acids is 1. The van der Waals surface area contributed by atoms with Crippen molar-refractivity contribution in [3.63, 3.8) is 0 Å². The lowest BCUT2D eigenvalue weighted by atomic mass is 9.96. The maximum Gasteiger partial charge on any atom is 0.222 e. The number of hydrogen-bond acceptors (Lipinski definition) is 3. The first-order chi connectivity index (χ1) is 10.1. The van der Waals surface area contributed by atoms with Crippen molar-refractivity contribution < 1.29 is 4.79 Å². The SMILES string of the molecule is CC(C)N1CC(CN(C)CCCn2cccn2)CCC1=O. The van der Waals surface area contributed by atoms with Gasteiger partial charge in [0.1, 0.15) is 0 Å². The number of likely N-dealkylation sites (tertiary alicyclic amines) is 1. The molecule has 0 radical (unpaired) electrons. The van der Waals surface area contributed by atoms with Crippen molar-refractivity contribution in [2.24, 2.45) is 5.92 Å². The number of rotatable bonds is 7. The topological polar surface area (TPSA) is 41.4 Å². The maximum absolute atomic E-state index is 11.9. The van der Waals surface area contributed by atoms with Crippen LogP contribution in [0.15, 0.2) is 18.5 Å². The molecule has 5 nitrogen and oxygen atoms in total. The van der Waals surface area contributed by atoms with Crippen LogP contribution in [0, 0.1) is 5.92 Å². The molecule has 1 amide bonds. The molecule has 0 bridgehead atoms. The molecule has 1 saturated heterocycles. The van der Waals surface area contributed by atoms with Crippen molar-refractivity contribution in [2.75, 3.05) is 26.7 Å². The second-order valence-electron chi connectivity index (χ2n) is 6.43. The molecule has 0 saturated carbocycles. The smallest absolute Gasteiger partial charge is 0.222 e. The second kappa shape index (κ2) is 7.59. The quantitative estimate of drug-likeness (QED) is 0.770. The fraction of sp³-hybridized carbons (Fsp3) is 0.750. The average molecular weight is 292 g/mol. The van der Waals surface area contributed by atoms with Gasteiger partial charge < -0.3 is 9.80 Å². The third kappa shape index (κ3) is 4.84. The molecule has 1 aliphatic heterocycles. The Kier molecular flexibility index (Phi) is 5.79. The van der Waals surface area contributed by atoms with E-state index in [1.165, 1.54) is 0 Å². The van der Waals surface area contributed by atoms with E-state index in [9.17, 15) is 4.79 Å². The van der Waals surface area contributed by atoms with E-state index < -0.39 is 0 Å². The summed E-state index contributed by atoms with van der Waals surface area (Å²) in [6, 6.07) is 2.29. The second-order valence-corrected chi connectivity index (χ2v) is 6.43. The van der Waals surface area contributed by atoms with E-state index >= 15 is 0 Å². The minimum atomic E-state index is 0.322. The molecule has 118 valence electrons. The standard InChI is InChI=1S/C16H28N4O/c1-14(2)20-13-15(6-7-16(20)21)12-18(3)9-5-11-19-10-4-8-17-19/h4,8,10,14-15H,5-7,9,11-13H2,1-3H3. The number of carbonyl (C=O) groups is 1. The van der Waals surface area contributed by atoms with Gasteiger partial charge in [-0.2, -0.15) is 5.10 Å². The lowest BCUT2D eigenvalue weighted by Gasteiger charge is -2.37. The van der Waals surface area contributed by atoms with Gasteiger partial charge in [0.05, 0.1) is 0 Å². The van der Waals surface area contributed by atoms with Crippen LogP contribution >= 0.6 is 0 Å². The third-order valence-corrected chi connectivity index (χ3v) is 4.22. The lowest BCUT2D eigenvalue weighted by Crippen LogP contribution is -2.46. The first-order valence-electron chi connectivity index (χ1n) is 8.01. The minimum absolute atomic E-state index is 0.322. The predicted octanol–water partition coefficient (Wildman–Crippen LogP) is 1.85. The summed E-state index contributed by atoms with van der Waals surface area (Å²) in [5.74, 6) is 0.933. The van der Waals surface area contributed by atoms with Crippen molar-refractivity contribution in [3.8, 4) is 0 Å². The Hall–Kier alpha value is -1.36. The molecule has 2 heterocycles. The summed E-state index contributed by atoms with van der Waals surface area (Å²) in [6.45, 7) is 8.25. The minimum Gasteiger partial charge on any atom is -0.340 e. The number of aryl methyl sites for hydroxylation is 1. The van der Waals surface area contributed by atoms with Crippen LogP contribution < -0.4 is 0 Å². The molecular weight excluding hydrogens is 264 g/mol. The molecule has 1 atom stereocenters. The Morgan fingerprint density at radius 2 is 2.29 bits per heavy atom. The largest absolute Gasteiger partial charge is 0.340 e. The van der Waals surface area contributed by atoms with Gasteiger partial charge in [0.2, 0.25) is 5.91 Å². The summed E-state index contributed by atoms with van der Waals surface area (Å²) in [5, 5.41) is 4.22. The van der Waals surface area contributed by atoms with Crippen molar-refractivity contribution in [1.29, 1.82) is 0 Å². The van der Waals surface area contributed by atoms with Gasteiger partial charge in [-0.25, -0.2) is 0 Å². The molecule has 1 unspecified atom stereocenters. The first-order valence-corrected chi connectivity index (χ1v) is 8.01. The van der Waals surface area contributed by atoms with E-state index in [1.54, 1.807) is 0 Å². The van der Waals surface area contributed by atoms with Crippen molar-refractivity contribution in [2.45, 2.75) is 45.7 Å². The Bertz CT molecular complexity index is 429. The van der Waals surface area contributed by atoms with Gasteiger partial charge in [-0.1, -0.05) is 0 Å². The fourth-order valence-corrected chi connectivity index (χ4v) is 3.06. The van der Waals surface area contributed by atoms with Crippen molar-refractivity contribution >= 4 is 5.91 Å². The summed E-state index contributed by atoms with van der Waals surface area (Å²) in [7, 11) is 2.18. The molecule has 1 aromatic rings. The van der Waals surface area contributed by atoms with Crippen LogP contribution in [0.25, 0.3) is 0 Å². The Balaban J connectivity index is 1.69. The molecule has 1 aromatic heterocycles. The third-order valence-electron chi connectivity index (χ3n) is 4.22. The molecule has 0 N–H and O–H groups in total. The Morgan fingerprint density at radius 1 is 1.48 bits per heavy atom. The molecule has 21 heavy (non-hydrogen) atoms. The molecule has 0 spiro atoms. The van der Waals surface area contributed by atoms with E-state index in [-0.39, 0.29) is 0 Å². The zero-order valence-electron chi connectivity index (χ0n) is 13.5. The highest BCUT2D eigenvalue weighted by atomic mass is 16.2. The summed E-state index contributed by atoms with van der Waals surface area (Å²) in [6.07, 6.45) is 6.68. The molecule has 1 aliphatic rings. The number of amides is 1. The van der Waals surface area contributed by atoms with Gasteiger partial charge in [-0.05, 0) is 52.3 Å². The number of piperidine rings is 1. The van der Waals surface area contributed by atoms with Crippen LogP contribution in [0.1, 0.15) is 33.1 Å². The van der Waals surface area contributed by atoms with Crippen molar-refractivity contribution in [1.82, 2.24) is 19.6 Å². The zero-order chi connectivity index (χ0) is 15.2.